The maximum Gasteiger partial charge on any atom is 0.229 e. The van der Waals surface area contributed by atoms with E-state index in [1.165, 1.54) is 0 Å². The second kappa shape index (κ2) is 8.18. The number of carbonyl (C=O) groups excluding carboxylic acids is 1. The van der Waals surface area contributed by atoms with E-state index in [0.29, 0.717) is 12.4 Å². The van der Waals surface area contributed by atoms with Gasteiger partial charge in [0.15, 0.2) is 0 Å². The fourth-order valence-electron chi connectivity index (χ4n) is 2.16. The summed E-state index contributed by atoms with van der Waals surface area (Å²) in [7, 11) is 0. The minimum Gasteiger partial charge on any atom is -0.492 e. The number of ether oxygens (including phenoxy) is 1. The molecule has 0 spiro atoms. The Hall–Kier alpha value is -1.55. The molecule has 4 heteroatoms. The van der Waals surface area contributed by atoms with Crippen molar-refractivity contribution in [3.63, 3.8) is 0 Å². The van der Waals surface area contributed by atoms with E-state index in [2.05, 4.69) is 12.2 Å². The van der Waals surface area contributed by atoms with Gasteiger partial charge >= 0.3 is 0 Å². The zero-order valence-electron chi connectivity index (χ0n) is 14.5. The second-order valence-electron chi connectivity index (χ2n) is 6.72. The summed E-state index contributed by atoms with van der Waals surface area (Å²) in [6.07, 6.45) is 2.91. The molecule has 1 aromatic rings. The third-order valence-corrected chi connectivity index (χ3v) is 3.43. The van der Waals surface area contributed by atoms with Gasteiger partial charge in [-0.1, -0.05) is 40.2 Å². The van der Waals surface area contributed by atoms with E-state index >= 15 is 0 Å². The molecule has 0 saturated carbocycles. The van der Waals surface area contributed by atoms with Crippen molar-refractivity contribution in [2.75, 3.05) is 11.9 Å². The van der Waals surface area contributed by atoms with E-state index in [9.17, 15) is 4.79 Å². The monoisotopic (exact) mass is 306 g/mol. The zero-order valence-corrected chi connectivity index (χ0v) is 14.5. The number of nitrogens with one attached hydrogen (secondary N) is 1. The van der Waals surface area contributed by atoms with E-state index in [-0.39, 0.29) is 11.9 Å². The van der Waals surface area contributed by atoms with E-state index < -0.39 is 5.41 Å². The molecular formula is C18H30N2O2. The molecule has 0 heterocycles. The number of anilines is 1. The molecule has 124 valence electrons. The number of amides is 1. The molecule has 1 atom stereocenters. The quantitative estimate of drug-likeness (QED) is 0.806. The molecule has 1 unspecified atom stereocenters. The van der Waals surface area contributed by atoms with Crippen LogP contribution >= 0.6 is 0 Å². The average molecular weight is 306 g/mol. The molecule has 0 fully saturated rings. The summed E-state index contributed by atoms with van der Waals surface area (Å²) < 4.78 is 5.68. The Bertz CT molecular complexity index is 492. The Morgan fingerprint density at radius 3 is 2.55 bits per heavy atom. The number of rotatable bonds is 7. The summed E-state index contributed by atoms with van der Waals surface area (Å²) in [5.41, 5.74) is 7.52. The molecule has 1 amide bonds. The fourth-order valence-corrected chi connectivity index (χ4v) is 2.16. The van der Waals surface area contributed by atoms with Crippen LogP contribution in [-0.4, -0.2) is 18.6 Å². The minimum atomic E-state index is -0.439. The van der Waals surface area contributed by atoms with Gasteiger partial charge in [0.05, 0.1) is 12.3 Å². The van der Waals surface area contributed by atoms with Crippen molar-refractivity contribution in [1.82, 2.24) is 0 Å². The molecule has 1 rings (SSSR count). The van der Waals surface area contributed by atoms with Crippen LogP contribution in [0.15, 0.2) is 18.2 Å². The molecule has 0 bridgehead atoms. The first-order valence-corrected chi connectivity index (χ1v) is 8.10. The third-order valence-electron chi connectivity index (χ3n) is 3.43. The fraction of sp³-hybridized carbons (Fsp3) is 0.611. The van der Waals surface area contributed by atoms with Gasteiger partial charge in [0.2, 0.25) is 5.91 Å². The Balaban J connectivity index is 2.92. The van der Waals surface area contributed by atoms with Crippen molar-refractivity contribution in [1.29, 1.82) is 0 Å². The maximum absolute atomic E-state index is 12.2. The van der Waals surface area contributed by atoms with Gasteiger partial charge < -0.3 is 15.8 Å². The van der Waals surface area contributed by atoms with Gasteiger partial charge in [0, 0.05) is 11.5 Å². The van der Waals surface area contributed by atoms with Gasteiger partial charge in [-0.3, -0.25) is 4.79 Å². The number of nitrogens with two attached hydrogens (primary N) is 1. The lowest BCUT2D eigenvalue weighted by Gasteiger charge is -2.20. The Morgan fingerprint density at radius 1 is 1.32 bits per heavy atom. The molecule has 3 N–H and O–H groups in total. The molecule has 0 aromatic heterocycles. The molecule has 0 saturated heterocycles. The Labute approximate surface area is 134 Å². The zero-order chi connectivity index (χ0) is 16.8. The molecule has 0 aliphatic heterocycles. The predicted octanol–water partition coefficient (Wildman–Crippen LogP) is 3.74. The molecule has 0 aliphatic rings. The van der Waals surface area contributed by atoms with Crippen LogP contribution < -0.4 is 15.8 Å². The summed E-state index contributed by atoms with van der Waals surface area (Å²) in [5, 5.41) is 2.95. The van der Waals surface area contributed by atoms with Gasteiger partial charge in [-0.05, 0) is 37.5 Å². The standard InChI is InChI=1S/C18H30N2O2/c1-6-8-14(19)11-13-9-10-15(16(12-13)22-7-2)20-17(21)18(3,4)5/h9-10,12,14H,6-8,11,19H2,1-5H3,(H,20,21). The molecule has 0 radical (unpaired) electrons. The van der Waals surface area contributed by atoms with Gasteiger partial charge in [0.1, 0.15) is 5.75 Å². The van der Waals surface area contributed by atoms with Gasteiger partial charge in [0.25, 0.3) is 0 Å². The van der Waals surface area contributed by atoms with E-state index in [1.54, 1.807) is 0 Å². The smallest absolute Gasteiger partial charge is 0.229 e. The van der Waals surface area contributed by atoms with Crippen molar-refractivity contribution >= 4 is 11.6 Å². The predicted molar refractivity (Wildman–Crippen MR) is 92.3 cm³/mol. The molecular weight excluding hydrogens is 276 g/mol. The summed E-state index contributed by atoms with van der Waals surface area (Å²) in [4.78, 5) is 12.2. The number of hydrogen-bond acceptors (Lipinski definition) is 3. The largest absolute Gasteiger partial charge is 0.492 e. The maximum atomic E-state index is 12.2. The summed E-state index contributed by atoms with van der Waals surface area (Å²) in [6.45, 7) is 10.3. The van der Waals surface area contributed by atoms with E-state index in [4.69, 9.17) is 10.5 Å². The third kappa shape index (κ3) is 5.68. The van der Waals surface area contributed by atoms with Crippen LogP contribution in [0.1, 0.15) is 53.0 Å². The van der Waals surface area contributed by atoms with Crippen LogP contribution in [0.2, 0.25) is 0 Å². The van der Waals surface area contributed by atoms with Crippen molar-refractivity contribution in [3.8, 4) is 5.75 Å². The van der Waals surface area contributed by atoms with Crippen molar-refractivity contribution in [3.05, 3.63) is 23.8 Å². The Kier molecular flexibility index (Phi) is 6.88. The van der Waals surface area contributed by atoms with Gasteiger partial charge in [-0.2, -0.15) is 0 Å². The molecule has 22 heavy (non-hydrogen) atoms. The van der Waals surface area contributed by atoms with Crippen LogP contribution in [-0.2, 0) is 11.2 Å². The minimum absolute atomic E-state index is 0.0242. The second-order valence-corrected chi connectivity index (χ2v) is 6.72. The summed E-state index contributed by atoms with van der Waals surface area (Å²) in [6, 6.07) is 6.06. The average Bonchev–Trinajstić information content (AvgIpc) is 2.41. The molecule has 1 aromatic carbocycles. The van der Waals surface area contributed by atoms with E-state index in [1.807, 2.05) is 45.9 Å². The van der Waals surface area contributed by atoms with Crippen molar-refractivity contribution in [2.45, 2.75) is 59.9 Å². The highest BCUT2D eigenvalue weighted by Gasteiger charge is 2.22. The summed E-state index contributed by atoms with van der Waals surface area (Å²) >= 11 is 0. The first-order valence-electron chi connectivity index (χ1n) is 8.10. The van der Waals surface area contributed by atoms with E-state index in [0.717, 1.165) is 30.5 Å². The highest BCUT2D eigenvalue weighted by Crippen LogP contribution is 2.28. The topological polar surface area (TPSA) is 64.3 Å². The van der Waals surface area contributed by atoms with Gasteiger partial charge in [-0.15, -0.1) is 0 Å². The number of hydrogen-bond donors (Lipinski definition) is 2. The normalized spacial score (nSPS) is 12.8. The van der Waals surface area contributed by atoms with Gasteiger partial charge in [-0.25, -0.2) is 0 Å². The van der Waals surface area contributed by atoms with Crippen LogP contribution in [0, 0.1) is 5.41 Å². The number of carbonyl (C=O) groups is 1. The van der Waals surface area contributed by atoms with Crippen LogP contribution in [0.4, 0.5) is 5.69 Å². The Morgan fingerprint density at radius 2 is 2.00 bits per heavy atom. The molecule has 0 aliphatic carbocycles. The van der Waals surface area contributed by atoms with Crippen LogP contribution in [0.5, 0.6) is 5.75 Å². The van der Waals surface area contributed by atoms with Crippen LogP contribution in [0.25, 0.3) is 0 Å². The van der Waals surface area contributed by atoms with Crippen LogP contribution in [0.3, 0.4) is 0 Å². The molecule has 4 nitrogen and oxygen atoms in total. The lowest BCUT2D eigenvalue weighted by molar-refractivity contribution is -0.123. The summed E-state index contributed by atoms with van der Waals surface area (Å²) in [5.74, 6) is 0.685. The highest BCUT2D eigenvalue weighted by molar-refractivity contribution is 5.95. The highest BCUT2D eigenvalue weighted by atomic mass is 16.5. The lowest BCUT2D eigenvalue weighted by atomic mass is 9.95. The SMILES string of the molecule is CCCC(N)Cc1ccc(NC(=O)C(C)(C)C)c(OCC)c1. The van der Waals surface area contributed by atoms with Crippen molar-refractivity contribution in [2.24, 2.45) is 11.1 Å². The number of benzene rings is 1. The first kappa shape index (κ1) is 18.5. The first-order chi connectivity index (χ1) is 10.3. The van der Waals surface area contributed by atoms with Crippen molar-refractivity contribution < 1.29 is 9.53 Å². The lowest BCUT2D eigenvalue weighted by Crippen LogP contribution is -2.28.